The van der Waals surface area contributed by atoms with Crippen molar-refractivity contribution in [2.45, 2.75) is 167 Å². The summed E-state index contributed by atoms with van der Waals surface area (Å²) in [6, 6.07) is -1.20. The van der Waals surface area contributed by atoms with Gasteiger partial charge in [0.25, 0.3) is 0 Å². The maximum atomic E-state index is 10.9. The highest BCUT2D eigenvalue weighted by atomic mass is 16.5. The predicted molar refractivity (Wildman–Crippen MR) is 193 cm³/mol. The van der Waals surface area contributed by atoms with Crippen molar-refractivity contribution in [2.75, 3.05) is 13.2 Å². The summed E-state index contributed by atoms with van der Waals surface area (Å²) < 4.78 is 5.52. The van der Waals surface area contributed by atoms with Crippen LogP contribution in [0.4, 0.5) is 0 Å². The molecule has 6 aliphatic carbocycles. The van der Waals surface area contributed by atoms with Crippen LogP contribution in [0.5, 0.6) is 0 Å². The van der Waals surface area contributed by atoms with E-state index in [9.17, 15) is 35.7 Å². The number of aliphatic hydroxyl groups excluding tert-OH is 6. The number of fused-ring (bicyclic) bond motifs is 7. The van der Waals surface area contributed by atoms with E-state index in [1.165, 1.54) is 57.8 Å². The number of nitrogens with two attached hydrogens (primary N) is 1. The van der Waals surface area contributed by atoms with Crippen molar-refractivity contribution < 1.29 is 40.5 Å². The molecule has 0 bridgehead atoms. The zero-order valence-corrected chi connectivity index (χ0v) is 32.0. The molecule has 0 aliphatic heterocycles. The monoisotopic (exact) mass is 706 g/mol. The lowest BCUT2D eigenvalue weighted by atomic mass is 9.33. The minimum absolute atomic E-state index is 0.205. The molecule has 6 unspecified atom stereocenters. The van der Waals surface area contributed by atoms with Crippen molar-refractivity contribution in [2.24, 2.45) is 68.3 Å². The summed E-state index contributed by atoms with van der Waals surface area (Å²) in [5, 5.41) is 72.9. The Balaban J connectivity index is 1.07. The van der Waals surface area contributed by atoms with Crippen LogP contribution >= 0.6 is 0 Å². The number of rotatable bonds is 10. The first kappa shape index (κ1) is 39.1. The molecule has 288 valence electrons. The molecule has 5 fully saturated rings. The zero-order chi connectivity index (χ0) is 36.8. The van der Waals surface area contributed by atoms with E-state index in [2.05, 4.69) is 60.6 Å². The minimum atomic E-state index is -2.21. The molecule has 18 atom stereocenters. The number of ether oxygens (including phenoxy) is 1. The molecule has 0 heterocycles. The highest BCUT2D eigenvalue weighted by Crippen LogP contribution is 2.76. The first-order valence-electron chi connectivity index (χ1n) is 20.0. The molecule has 0 aromatic heterocycles. The second kappa shape index (κ2) is 13.3. The van der Waals surface area contributed by atoms with Crippen LogP contribution in [0.2, 0.25) is 0 Å². The number of allylic oxidation sites excluding steroid dienone is 2. The van der Waals surface area contributed by atoms with Crippen molar-refractivity contribution in [3.05, 3.63) is 12.2 Å². The Kier molecular flexibility index (Phi) is 10.4. The third kappa shape index (κ3) is 5.64. The molecule has 0 aromatic rings. The quantitative estimate of drug-likeness (QED) is 0.157. The SMILES string of the molecule is CC(CC[C@@H](O)[C@@H](O)[C@@H](O)COC1[C@H](N)[C@@H](O)[C@H](O)[C@@]1(O)CO)[C@H]1CC[C@@]2(C)C1CC[C@]1(C)C2CCC2[C@@]3(C)CCCC(C)(C)C3C=C[C@]21C. The van der Waals surface area contributed by atoms with Crippen molar-refractivity contribution in [3.8, 4) is 0 Å². The fourth-order valence-corrected chi connectivity index (χ4v) is 14.3. The van der Waals surface area contributed by atoms with Crippen LogP contribution < -0.4 is 5.73 Å². The zero-order valence-electron chi connectivity index (χ0n) is 32.0. The standard InChI is InChI=1S/C41H71NO8/c1-23(9-10-26(44)32(46)27(45)21-50-35-31(42)33(47)34(48)41(35,49)22-43)24-13-18-37(4)25(24)14-19-39(6)29(37)11-12-30-38(5)17-8-16-36(2,3)28(38)15-20-40(30,39)7/h15,20,23-35,43-49H,8-14,16-19,21-22,42H2,1-7H3/t23?,24-,25?,26-,27+,28?,29?,30?,31-,32-,33-,34+,35?,37+,38+,39-,40-,41+/m1/s1. The Morgan fingerprint density at radius 1 is 0.840 bits per heavy atom. The Hall–Kier alpha value is -0.620. The lowest BCUT2D eigenvalue weighted by molar-refractivity contribution is -0.198. The molecule has 0 spiro atoms. The minimum Gasteiger partial charge on any atom is -0.393 e. The summed E-state index contributed by atoms with van der Waals surface area (Å²) in [5.41, 5.74) is 5.19. The van der Waals surface area contributed by atoms with Gasteiger partial charge in [-0.3, -0.25) is 0 Å². The Morgan fingerprint density at radius 2 is 1.52 bits per heavy atom. The molecule has 9 heteroatoms. The number of hydrogen-bond acceptors (Lipinski definition) is 9. The molecular formula is C41H71NO8. The molecule has 6 aliphatic rings. The molecule has 9 N–H and O–H groups in total. The average molecular weight is 706 g/mol. The summed E-state index contributed by atoms with van der Waals surface area (Å²) >= 11 is 0. The van der Waals surface area contributed by atoms with Crippen molar-refractivity contribution in [3.63, 3.8) is 0 Å². The second-order valence-electron chi connectivity index (χ2n) is 20.0. The second-order valence-corrected chi connectivity index (χ2v) is 20.0. The maximum Gasteiger partial charge on any atom is 0.144 e. The summed E-state index contributed by atoms with van der Waals surface area (Å²) in [6.07, 6.45) is 9.34. The number of hydrogen-bond donors (Lipinski definition) is 8. The van der Waals surface area contributed by atoms with Gasteiger partial charge < -0.3 is 46.2 Å². The van der Waals surface area contributed by atoms with Gasteiger partial charge >= 0.3 is 0 Å². The first-order chi connectivity index (χ1) is 23.2. The summed E-state index contributed by atoms with van der Waals surface area (Å²) in [7, 11) is 0. The van der Waals surface area contributed by atoms with E-state index >= 15 is 0 Å². The van der Waals surface area contributed by atoms with Crippen molar-refractivity contribution in [1.29, 1.82) is 0 Å². The summed E-state index contributed by atoms with van der Waals surface area (Å²) in [4.78, 5) is 0. The van der Waals surface area contributed by atoms with Crippen LogP contribution in [0, 0.1) is 62.6 Å². The Morgan fingerprint density at radius 3 is 2.20 bits per heavy atom. The predicted octanol–water partition coefficient (Wildman–Crippen LogP) is 3.92. The fraction of sp³-hybridized carbons (Fsp3) is 0.951. The number of aliphatic hydroxyl groups is 7. The van der Waals surface area contributed by atoms with Gasteiger partial charge in [0.15, 0.2) is 0 Å². The Bertz CT molecular complexity index is 1260. The van der Waals surface area contributed by atoms with Gasteiger partial charge in [0.05, 0.1) is 25.4 Å². The van der Waals surface area contributed by atoms with Crippen molar-refractivity contribution >= 4 is 0 Å². The molecule has 9 nitrogen and oxygen atoms in total. The van der Waals surface area contributed by atoms with Crippen LogP contribution in [0.15, 0.2) is 12.2 Å². The maximum absolute atomic E-state index is 10.9. The van der Waals surface area contributed by atoms with E-state index < -0.39 is 61.5 Å². The van der Waals surface area contributed by atoms with Crippen LogP contribution in [-0.4, -0.2) is 97.2 Å². The van der Waals surface area contributed by atoms with Gasteiger partial charge in [-0.05, 0) is 127 Å². The van der Waals surface area contributed by atoms with Gasteiger partial charge in [-0.25, -0.2) is 0 Å². The van der Waals surface area contributed by atoms with Crippen LogP contribution in [0.1, 0.15) is 119 Å². The first-order valence-corrected chi connectivity index (χ1v) is 20.0. The highest BCUT2D eigenvalue weighted by Gasteiger charge is 2.69. The molecule has 0 amide bonds. The van der Waals surface area contributed by atoms with E-state index in [4.69, 9.17) is 10.5 Å². The van der Waals surface area contributed by atoms with E-state index in [0.717, 1.165) is 12.3 Å². The molecule has 50 heavy (non-hydrogen) atoms. The van der Waals surface area contributed by atoms with Crippen molar-refractivity contribution in [1.82, 2.24) is 0 Å². The lowest BCUT2D eigenvalue weighted by Crippen LogP contribution is -2.64. The third-order valence-electron chi connectivity index (χ3n) is 17.3. The highest BCUT2D eigenvalue weighted by molar-refractivity contribution is 5.27. The molecule has 0 aromatic carbocycles. The topological polar surface area (TPSA) is 177 Å². The van der Waals surface area contributed by atoms with E-state index in [1.54, 1.807) is 0 Å². The Labute approximate surface area is 301 Å². The van der Waals surface area contributed by atoms with E-state index in [1.807, 2.05) is 0 Å². The van der Waals surface area contributed by atoms with Gasteiger partial charge in [0, 0.05) is 0 Å². The van der Waals surface area contributed by atoms with Gasteiger partial charge in [0.2, 0.25) is 0 Å². The smallest absolute Gasteiger partial charge is 0.144 e. The molecule has 5 saturated carbocycles. The summed E-state index contributed by atoms with van der Waals surface area (Å²) in [6.45, 7) is 16.5. The van der Waals surface area contributed by atoms with Crippen LogP contribution in [0.3, 0.4) is 0 Å². The molecule has 0 saturated heterocycles. The largest absolute Gasteiger partial charge is 0.393 e. The normalized spacial score (nSPS) is 51.9. The lowest BCUT2D eigenvalue weighted by Gasteiger charge is -2.71. The van der Waals surface area contributed by atoms with E-state index in [0.29, 0.717) is 52.3 Å². The van der Waals surface area contributed by atoms with Gasteiger partial charge in [-0.1, -0.05) is 67.0 Å². The molecule has 6 rings (SSSR count). The fourth-order valence-electron chi connectivity index (χ4n) is 14.3. The van der Waals surface area contributed by atoms with Gasteiger partial charge in [0.1, 0.15) is 36.1 Å². The summed E-state index contributed by atoms with van der Waals surface area (Å²) in [5.74, 6) is 3.65. The molecule has 0 radical (unpaired) electrons. The average Bonchev–Trinajstić information content (AvgIpc) is 3.49. The van der Waals surface area contributed by atoms with Gasteiger partial charge in [-0.2, -0.15) is 0 Å². The van der Waals surface area contributed by atoms with Gasteiger partial charge in [-0.15, -0.1) is 0 Å². The molecular weight excluding hydrogens is 634 g/mol. The third-order valence-corrected chi connectivity index (χ3v) is 17.3. The van der Waals surface area contributed by atoms with Crippen LogP contribution in [0.25, 0.3) is 0 Å². The van der Waals surface area contributed by atoms with Crippen LogP contribution in [-0.2, 0) is 4.74 Å². The van der Waals surface area contributed by atoms with E-state index in [-0.39, 0.29) is 10.8 Å².